The highest BCUT2D eigenvalue weighted by Crippen LogP contribution is 2.16. The highest BCUT2D eigenvalue weighted by atomic mass is 19.2. The smallest absolute Gasteiger partial charge is 0.169 e. The van der Waals surface area contributed by atoms with Crippen LogP contribution >= 0.6 is 0 Å². The summed E-state index contributed by atoms with van der Waals surface area (Å²) >= 11 is 0. The van der Waals surface area contributed by atoms with Crippen molar-refractivity contribution in [3.8, 4) is 0 Å². The fourth-order valence-corrected chi connectivity index (χ4v) is 2.31. The lowest BCUT2D eigenvalue weighted by molar-refractivity contribution is 0.0939. The number of ether oxygens (including phenoxy) is 1. The molecule has 0 N–H and O–H groups in total. The Balaban J connectivity index is 1.90. The van der Waals surface area contributed by atoms with Gasteiger partial charge in [-0.15, -0.1) is 0 Å². The normalized spacial score (nSPS) is 19.8. The maximum atomic E-state index is 13.4. The first-order valence-corrected chi connectivity index (χ1v) is 6.34. The van der Waals surface area contributed by atoms with Crippen LogP contribution in [0, 0.1) is 11.6 Å². The van der Waals surface area contributed by atoms with Gasteiger partial charge in [0.15, 0.2) is 17.4 Å². The molecule has 1 unspecified atom stereocenters. The summed E-state index contributed by atoms with van der Waals surface area (Å²) < 4.78 is 31.7. The van der Waals surface area contributed by atoms with E-state index in [0.717, 1.165) is 25.6 Å². The third-order valence-corrected chi connectivity index (χ3v) is 3.47. The number of carbonyl (C=O) groups excluding carboxylic acids is 1. The molecule has 0 aromatic heterocycles. The molecule has 1 aliphatic heterocycles. The lowest BCUT2D eigenvalue weighted by Crippen LogP contribution is -2.25. The van der Waals surface area contributed by atoms with E-state index in [1.54, 1.807) is 7.11 Å². The van der Waals surface area contributed by atoms with E-state index < -0.39 is 11.6 Å². The molecule has 0 spiro atoms. The van der Waals surface area contributed by atoms with Crippen LogP contribution in [0.4, 0.5) is 8.78 Å². The van der Waals surface area contributed by atoms with Crippen molar-refractivity contribution in [2.45, 2.75) is 18.9 Å². The Morgan fingerprint density at radius 1 is 1.47 bits per heavy atom. The van der Waals surface area contributed by atoms with Gasteiger partial charge in [0.25, 0.3) is 0 Å². The number of rotatable bonds is 5. The van der Waals surface area contributed by atoms with Crippen molar-refractivity contribution in [1.29, 1.82) is 0 Å². The standard InChI is InChI=1S/C14H17F2NO2/c1-19-10-5-7-17(9-10)8-6-13(18)11-3-2-4-12(15)14(11)16/h2-4,10H,5-9H2,1H3. The minimum absolute atomic E-state index is 0.164. The number of Topliss-reactive ketones (excluding diaryl/α,β-unsaturated/α-hetero) is 1. The monoisotopic (exact) mass is 269 g/mol. The van der Waals surface area contributed by atoms with E-state index in [9.17, 15) is 13.6 Å². The molecule has 1 saturated heterocycles. The molecule has 2 rings (SSSR count). The largest absolute Gasteiger partial charge is 0.380 e. The van der Waals surface area contributed by atoms with Gasteiger partial charge in [0.05, 0.1) is 11.7 Å². The fraction of sp³-hybridized carbons (Fsp3) is 0.500. The average Bonchev–Trinajstić information content (AvgIpc) is 2.87. The molecule has 1 aromatic carbocycles. The maximum Gasteiger partial charge on any atom is 0.169 e. The lowest BCUT2D eigenvalue weighted by Gasteiger charge is -2.14. The molecule has 0 amide bonds. The summed E-state index contributed by atoms with van der Waals surface area (Å²) in [5, 5.41) is 0. The number of benzene rings is 1. The lowest BCUT2D eigenvalue weighted by atomic mass is 10.1. The molecule has 0 aliphatic carbocycles. The van der Waals surface area contributed by atoms with Crippen LogP contribution in [0.5, 0.6) is 0 Å². The summed E-state index contributed by atoms with van der Waals surface area (Å²) in [6.07, 6.45) is 1.34. The van der Waals surface area contributed by atoms with Crippen LogP contribution in [0.15, 0.2) is 18.2 Å². The number of halogens is 2. The summed E-state index contributed by atoms with van der Waals surface area (Å²) in [6, 6.07) is 3.68. The van der Waals surface area contributed by atoms with Crippen LogP contribution in [0.3, 0.4) is 0 Å². The predicted octanol–water partition coefficient (Wildman–Crippen LogP) is 2.26. The summed E-state index contributed by atoms with van der Waals surface area (Å²) in [5.41, 5.74) is -0.164. The highest BCUT2D eigenvalue weighted by molar-refractivity contribution is 5.96. The van der Waals surface area contributed by atoms with E-state index in [0.29, 0.717) is 6.54 Å². The average molecular weight is 269 g/mol. The Hall–Kier alpha value is -1.33. The Morgan fingerprint density at radius 3 is 2.95 bits per heavy atom. The van der Waals surface area contributed by atoms with Gasteiger partial charge in [-0.3, -0.25) is 4.79 Å². The molecule has 0 saturated carbocycles. The van der Waals surface area contributed by atoms with Gasteiger partial charge in [-0.1, -0.05) is 6.07 Å². The zero-order valence-electron chi connectivity index (χ0n) is 10.9. The van der Waals surface area contributed by atoms with Gasteiger partial charge >= 0.3 is 0 Å². The Kier molecular flexibility index (Phi) is 4.61. The van der Waals surface area contributed by atoms with Gasteiger partial charge in [-0.05, 0) is 18.6 Å². The molecule has 104 valence electrons. The Morgan fingerprint density at radius 2 is 2.26 bits per heavy atom. The Labute approximate surface area is 111 Å². The first-order valence-electron chi connectivity index (χ1n) is 6.34. The van der Waals surface area contributed by atoms with Gasteiger partial charge in [0.2, 0.25) is 0 Å². The summed E-state index contributed by atoms with van der Waals surface area (Å²) in [7, 11) is 1.67. The number of nitrogens with zero attached hydrogens (tertiary/aromatic N) is 1. The van der Waals surface area contributed by atoms with Gasteiger partial charge in [0.1, 0.15) is 0 Å². The second kappa shape index (κ2) is 6.21. The van der Waals surface area contributed by atoms with Crippen LogP contribution in [-0.2, 0) is 4.74 Å². The molecular formula is C14H17F2NO2. The van der Waals surface area contributed by atoms with Crippen LogP contribution in [0.2, 0.25) is 0 Å². The quantitative estimate of drug-likeness (QED) is 0.768. The third kappa shape index (κ3) is 3.36. The number of methoxy groups -OCH3 is 1. The van der Waals surface area contributed by atoms with Crippen molar-refractivity contribution >= 4 is 5.78 Å². The SMILES string of the molecule is COC1CCN(CCC(=O)c2cccc(F)c2F)C1. The van der Waals surface area contributed by atoms with E-state index in [-0.39, 0.29) is 23.9 Å². The number of ketones is 1. The molecule has 0 radical (unpaired) electrons. The van der Waals surface area contributed by atoms with Crippen LogP contribution in [0.1, 0.15) is 23.2 Å². The van der Waals surface area contributed by atoms with Crippen molar-refractivity contribution in [2.24, 2.45) is 0 Å². The summed E-state index contributed by atoms with van der Waals surface area (Å²) in [4.78, 5) is 14.0. The van der Waals surface area contributed by atoms with E-state index in [4.69, 9.17) is 4.74 Å². The topological polar surface area (TPSA) is 29.5 Å². The number of hydrogen-bond donors (Lipinski definition) is 0. The molecule has 19 heavy (non-hydrogen) atoms. The van der Waals surface area contributed by atoms with Crippen molar-refractivity contribution in [1.82, 2.24) is 4.90 Å². The van der Waals surface area contributed by atoms with E-state index in [1.165, 1.54) is 12.1 Å². The summed E-state index contributed by atoms with van der Waals surface area (Å²) in [5.74, 6) is -2.40. The molecule has 1 aliphatic rings. The Bertz CT molecular complexity index is 465. The molecule has 1 fully saturated rings. The molecule has 1 heterocycles. The van der Waals surface area contributed by atoms with Crippen LogP contribution in [-0.4, -0.2) is 43.5 Å². The number of carbonyl (C=O) groups is 1. The fourth-order valence-electron chi connectivity index (χ4n) is 2.31. The predicted molar refractivity (Wildman–Crippen MR) is 67.2 cm³/mol. The zero-order valence-corrected chi connectivity index (χ0v) is 10.9. The van der Waals surface area contributed by atoms with E-state index in [1.807, 2.05) is 0 Å². The first-order chi connectivity index (χ1) is 9.11. The van der Waals surface area contributed by atoms with Crippen molar-refractivity contribution in [3.63, 3.8) is 0 Å². The first kappa shape index (κ1) is 14.1. The zero-order chi connectivity index (χ0) is 13.8. The van der Waals surface area contributed by atoms with E-state index in [2.05, 4.69) is 4.90 Å². The van der Waals surface area contributed by atoms with Crippen molar-refractivity contribution in [2.75, 3.05) is 26.7 Å². The minimum Gasteiger partial charge on any atom is -0.380 e. The van der Waals surface area contributed by atoms with Crippen LogP contribution in [0.25, 0.3) is 0 Å². The van der Waals surface area contributed by atoms with Gasteiger partial charge in [-0.25, -0.2) is 8.78 Å². The highest BCUT2D eigenvalue weighted by Gasteiger charge is 2.23. The molecule has 1 aromatic rings. The third-order valence-electron chi connectivity index (χ3n) is 3.47. The van der Waals surface area contributed by atoms with Crippen molar-refractivity contribution in [3.05, 3.63) is 35.4 Å². The summed E-state index contributed by atoms with van der Waals surface area (Å²) in [6.45, 7) is 2.21. The minimum atomic E-state index is -1.05. The molecular weight excluding hydrogens is 252 g/mol. The number of hydrogen-bond acceptors (Lipinski definition) is 3. The second-order valence-corrected chi connectivity index (χ2v) is 4.72. The van der Waals surface area contributed by atoms with Gasteiger partial charge in [0, 0.05) is 33.2 Å². The number of likely N-dealkylation sites (tertiary alicyclic amines) is 1. The molecule has 0 bridgehead atoms. The molecule has 1 atom stereocenters. The molecule has 5 heteroatoms. The van der Waals surface area contributed by atoms with Crippen LogP contribution < -0.4 is 0 Å². The maximum absolute atomic E-state index is 13.4. The second-order valence-electron chi connectivity index (χ2n) is 4.72. The van der Waals surface area contributed by atoms with Gasteiger partial charge < -0.3 is 9.64 Å². The molecule has 3 nitrogen and oxygen atoms in total. The van der Waals surface area contributed by atoms with Crippen molar-refractivity contribution < 1.29 is 18.3 Å². The van der Waals surface area contributed by atoms with Gasteiger partial charge in [-0.2, -0.15) is 0 Å². The van der Waals surface area contributed by atoms with E-state index >= 15 is 0 Å².